The molecule has 2 N–H and O–H groups in total. The van der Waals surface area contributed by atoms with Crippen LogP contribution in [0.3, 0.4) is 0 Å². The van der Waals surface area contributed by atoms with Crippen molar-refractivity contribution in [1.29, 1.82) is 0 Å². The number of halogens is 1. The van der Waals surface area contributed by atoms with Crippen molar-refractivity contribution in [3.8, 4) is 0 Å². The Bertz CT molecular complexity index is 728. The number of aryl methyl sites for hydroxylation is 1. The van der Waals surface area contributed by atoms with Crippen molar-refractivity contribution in [2.75, 3.05) is 18.3 Å². The molecule has 1 heterocycles. The smallest absolute Gasteiger partial charge is 0.265 e. The van der Waals surface area contributed by atoms with Gasteiger partial charge in [-0.1, -0.05) is 6.07 Å². The van der Waals surface area contributed by atoms with Crippen LogP contribution < -0.4 is 10.0 Å². The van der Waals surface area contributed by atoms with Gasteiger partial charge < -0.3 is 5.32 Å². The van der Waals surface area contributed by atoms with Crippen LogP contribution in [-0.4, -0.2) is 31.8 Å². The van der Waals surface area contributed by atoms with Crippen LogP contribution in [0.15, 0.2) is 40.0 Å². The molecule has 0 spiro atoms. The summed E-state index contributed by atoms with van der Waals surface area (Å²) in [5, 5.41) is 7.03. The van der Waals surface area contributed by atoms with Crippen LogP contribution in [0.2, 0.25) is 0 Å². The zero-order valence-corrected chi connectivity index (χ0v) is 14.2. The van der Waals surface area contributed by atoms with E-state index in [9.17, 15) is 8.42 Å². The van der Waals surface area contributed by atoms with Gasteiger partial charge in [0, 0.05) is 17.2 Å². The van der Waals surface area contributed by atoms with E-state index in [0.29, 0.717) is 16.7 Å². The molecule has 114 valence electrons. The maximum absolute atomic E-state index is 12.3. The van der Waals surface area contributed by atoms with Crippen molar-refractivity contribution in [3.05, 3.63) is 40.6 Å². The molecule has 0 saturated carbocycles. The van der Waals surface area contributed by atoms with Crippen LogP contribution in [0, 0.1) is 6.92 Å². The molecule has 0 aliphatic rings. The van der Waals surface area contributed by atoms with E-state index in [0.717, 1.165) is 12.1 Å². The van der Waals surface area contributed by atoms with Gasteiger partial charge in [-0.3, -0.25) is 9.40 Å². The molecule has 21 heavy (non-hydrogen) atoms. The van der Waals surface area contributed by atoms with Gasteiger partial charge in [0.05, 0.1) is 18.4 Å². The van der Waals surface area contributed by atoms with Gasteiger partial charge in [-0.2, -0.15) is 5.10 Å². The van der Waals surface area contributed by atoms with Gasteiger partial charge in [-0.25, -0.2) is 8.42 Å². The summed E-state index contributed by atoms with van der Waals surface area (Å²) < 4.78 is 29.5. The van der Waals surface area contributed by atoms with Crippen LogP contribution >= 0.6 is 15.9 Å². The van der Waals surface area contributed by atoms with Crippen molar-refractivity contribution in [1.82, 2.24) is 15.1 Å². The van der Waals surface area contributed by atoms with Gasteiger partial charge in [0.15, 0.2) is 0 Å². The summed E-state index contributed by atoms with van der Waals surface area (Å²) >= 11 is 3.36. The monoisotopic (exact) mass is 372 g/mol. The number of anilines is 1. The van der Waals surface area contributed by atoms with Crippen LogP contribution in [0.4, 0.5) is 5.69 Å². The molecule has 1 aromatic carbocycles. The summed E-state index contributed by atoms with van der Waals surface area (Å²) in [4.78, 5) is 0.145. The lowest BCUT2D eigenvalue weighted by atomic mass is 10.2. The zero-order valence-electron chi connectivity index (χ0n) is 11.8. The Morgan fingerprint density at radius 2 is 2.14 bits per heavy atom. The average molecular weight is 373 g/mol. The number of sulfonamides is 1. The highest BCUT2D eigenvalue weighted by molar-refractivity contribution is 9.10. The third-order valence-electron chi connectivity index (χ3n) is 2.88. The van der Waals surface area contributed by atoms with E-state index in [2.05, 4.69) is 31.1 Å². The van der Waals surface area contributed by atoms with Crippen LogP contribution in [-0.2, 0) is 16.6 Å². The first-order chi connectivity index (χ1) is 9.92. The Kier molecular flexibility index (Phi) is 5.02. The standard InChI is InChI=1S/C13H17BrN4O2S/c1-10-3-4-13(12(14)7-10)17-21(19,20)11-8-16-18(9-11)6-5-15-2/h3-4,7-9,15,17H,5-6H2,1-2H3. The maximum Gasteiger partial charge on any atom is 0.265 e. The minimum atomic E-state index is -3.64. The fourth-order valence-corrected chi connectivity index (χ4v) is 3.49. The molecule has 0 atom stereocenters. The Balaban J connectivity index is 2.19. The SMILES string of the molecule is CNCCn1cc(S(=O)(=O)Nc2ccc(C)cc2Br)cn1. The second-order valence-electron chi connectivity index (χ2n) is 4.63. The summed E-state index contributed by atoms with van der Waals surface area (Å²) in [6.45, 7) is 3.27. The fourth-order valence-electron chi connectivity index (χ4n) is 1.74. The molecule has 6 nitrogen and oxygen atoms in total. The Morgan fingerprint density at radius 3 is 2.81 bits per heavy atom. The van der Waals surface area contributed by atoms with E-state index in [1.807, 2.05) is 26.1 Å². The number of hydrogen-bond donors (Lipinski definition) is 2. The molecule has 2 aromatic rings. The minimum Gasteiger partial charge on any atom is -0.318 e. The average Bonchev–Trinajstić information content (AvgIpc) is 2.89. The van der Waals surface area contributed by atoms with E-state index in [-0.39, 0.29) is 4.90 Å². The number of aromatic nitrogens is 2. The first kappa shape index (κ1) is 16.0. The molecule has 0 fully saturated rings. The largest absolute Gasteiger partial charge is 0.318 e. The number of likely N-dealkylation sites (N-methyl/N-ethyl adjacent to an activating group) is 1. The Hall–Kier alpha value is -1.38. The van der Waals surface area contributed by atoms with Gasteiger partial charge >= 0.3 is 0 Å². The van der Waals surface area contributed by atoms with Crippen LogP contribution in [0.1, 0.15) is 5.56 Å². The molecule has 2 rings (SSSR count). The quantitative estimate of drug-likeness (QED) is 0.812. The Labute approximate surface area is 132 Å². The van der Waals surface area contributed by atoms with Crippen molar-refractivity contribution in [2.45, 2.75) is 18.4 Å². The molecule has 0 radical (unpaired) electrons. The highest BCUT2D eigenvalue weighted by Crippen LogP contribution is 2.25. The summed E-state index contributed by atoms with van der Waals surface area (Å²) in [5.41, 5.74) is 1.55. The predicted octanol–water partition coefficient (Wildman–Crippen LogP) is 1.97. The lowest BCUT2D eigenvalue weighted by molar-refractivity contribution is 0.582. The summed E-state index contributed by atoms with van der Waals surface area (Å²) in [5.74, 6) is 0. The summed E-state index contributed by atoms with van der Waals surface area (Å²) in [6.07, 6.45) is 2.86. The lowest BCUT2D eigenvalue weighted by Crippen LogP contribution is -2.15. The first-order valence-corrected chi connectivity index (χ1v) is 8.66. The van der Waals surface area contributed by atoms with Crippen molar-refractivity contribution in [3.63, 3.8) is 0 Å². The molecule has 0 aliphatic heterocycles. The number of benzene rings is 1. The first-order valence-electron chi connectivity index (χ1n) is 6.38. The van der Waals surface area contributed by atoms with Crippen molar-refractivity contribution in [2.24, 2.45) is 0 Å². The number of hydrogen-bond acceptors (Lipinski definition) is 4. The third-order valence-corrected chi connectivity index (χ3v) is 4.86. The van der Waals surface area contributed by atoms with E-state index in [4.69, 9.17) is 0 Å². The molecule has 0 bridgehead atoms. The second-order valence-corrected chi connectivity index (χ2v) is 7.17. The van der Waals surface area contributed by atoms with Crippen molar-refractivity contribution < 1.29 is 8.42 Å². The van der Waals surface area contributed by atoms with E-state index < -0.39 is 10.0 Å². The fraction of sp³-hybridized carbons (Fsp3) is 0.308. The molecule has 0 amide bonds. The van der Waals surface area contributed by atoms with Gasteiger partial charge in [-0.15, -0.1) is 0 Å². The minimum absolute atomic E-state index is 0.145. The molecule has 0 saturated heterocycles. The van der Waals surface area contributed by atoms with E-state index in [1.54, 1.807) is 10.7 Å². The maximum atomic E-state index is 12.3. The summed E-state index contributed by atoms with van der Waals surface area (Å²) in [7, 11) is -1.81. The van der Waals surface area contributed by atoms with Crippen LogP contribution in [0.5, 0.6) is 0 Å². The molecule has 1 aromatic heterocycles. The molecule has 0 unspecified atom stereocenters. The second kappa shape index (κ2) is 6.59. The third kappa shape index (κ3) is 4.05. The molecule has 8 heteroatoms. The lowest BCUT2D eigenvalue weighted by Gasteiger charge is -2.08. The topological polar surface area (TPSA) is 76.0 Å². The molecule has 0 aliphatic carbocycles. The van der Waals surface area contributed by atoms with Gasteiger partial charge in [0.1, 0.15) is 4.90 Å². The van der Waals surface area contributed by atoms with E-state index >= 15 is 0 Å². The van der Waals surface area contributed by atoms with E-state index in [1.165, 1.54) is 12.4 Å². The zero-order chi connectivity index (χ0) is 15.5. The van der Waals surface area contributed by atoms with Crippen LogP contribution in [0.25, 0.3) is 0 Å². The normalized spacial score (nSPS) is 11.6. The van der Waals surface area contributed by atoms with Gasteiger partial charge in [0.2, 0.25) is 0 Å². The number of nitrogens with one attached hydrogen (secondary N) is 2. The molecular formula is C13H17BrN4O2S. The number of nitrogens with zero attached hydrogens (tertiary/aromatic N) is 2. The Morgan fingerprint density at radius 1 is 1.38 bits per heavy atom. The van der Waals surface area contributed by atoms with Gasteiger partial charge in [-0.05, 0) is 47.6 Å². The predicted molar refractivity (Wildman–Crippen MR) is 85.8 cm³/mol. The van der Waals surface area contributed by atoms with Crippen molar-refractivity contribution >= 4 is 31.6 Å². The highest BCUT2D eigenvalue weighted by atomic mass is 79.9. The summed E-state index contributed by atoms with van der Waals surface area (Å²) in [6, 6.07) is 5.43. The number of rotatable bonds is 6. The highest BCUT2D eigenvalue weighted by Gasteiger charge is 2.17. The molecular weight excluding hydrogens is 356 g/mol. The van der Waals surface area contributed by atoms with Gasteiger partial charge in [0.25, 0.3) is 10.0 Å².